The van der Waals surface area contributed by atoms with Gasteiger partial charge in [0.2, 0.25) is 0 Å². The molecule has 2 aliphatic rings. The topological polar surface area (TPSA) is 38.1 Å². The number of anilines is 1. The van der Waals surface area contributed by atoms with Gasteiger partial charge in [-0.2, -0.15) is 5.10 Å². The lowest BCUT2D eigenvalue weighted by atomic mass is 9.78. The zero-order valence-corrected chi connectivity index (χ0v) is 18.8. The average Bonchev–Trinajstić information content (AvgIpc) is 3.45. The van der Waals surface area contributed by atoms with Crippen LogP contribution in [0.4, 0.5) is 5.69 Å². The molecule has 0 saturated carbocycles. The van der Waals surface area contributed by atoms with Crippen molar-refractivity contribution in [2.45, 2.75) is 19.3 Å². The molecule has 1 aliphatic heterocycles. The van der Waals surface area contributed by atoms with Crippen LogP contribution in [0, 0.1) is 0 Å². The molecule has 33 heavy (non-hydrogen) atoms. The summed E-state index contributed by atoms with van der Waals surface area (Å²) in [4.78, 5) is 15.6. The summed E-state index contributed by atoms with van der Waals surface area (Å²) < 4.78 is 1.82. The molecular formula is C29H25N3O. The van der Waals surface area contributed by atoms with E-state index in [9.17, 15) is 4.79 Å². The first-order valence-electron chi connectivity index (χ1n) is 11.4. The molecule has 0 N–H and O–H groups in total. The van der Waals surface area contributed by atoms with Crippen LogP contribution < -0.4 is 4.90 Å². The Bertz CT molecular complexity index is 1470. The first-order chi connectivity index (χ1) is 16.1. The van der Waals surface area contributed by atoms with Crippen molar-refractivity contribution in [2.24, 2.45) is 7.05 Å². The number of allylic oxidation sites excluding steroid dienone is 2. The molecule has 0 fully saturated rings. The number of aryl methyl sites for hydroxylation is 1. The maximum atomic E-state index is 13.3. The summed E-state index contributed by atoms with van der Waals surface area (Å²) in [5.41, 5.74) is 8.00. The van der Waals surface area contributed by atoms with Gasteiger partial charge in [-0.05, 0) is 76.3 Å². The van der Waals surface area contributed by atoms with Crippen molar-refractivity contribution in [2.75, 3.05) is 11.4 Å². The monoisotopic (exact) mass is 431 g/mol. The van der Waals surface area contributed by atoms with Crippen LogP contribution in [0.3, 0.4) is 0 Å². The second-order valence-electron chi connectivity index (χ2n) is 8.89. The Morgan fingerprint density at radius 1 is 1.03 bits per heavy atom. The summed E-state index contributed by atoms with van der Waals surface area (Å²) in [6.07, 6.45) is 12.8. The smallest absolute Gasteiger partial charge is 0.167 e. The highest BCUT2D eigenvalue weighted by Gasteiger charge is 2.30. The molecule has 0 radical (unpaired) electrons. The Morgan fingerprint density at radius 3 is 2.73 bits per heavy atom. The van der Waals surface area contributed by atoms with Gasteiger partial charge in [0, 0.05) is 31.0 Å². The number of fused-ring (bicyclic) bond motifs is 4. The van der Waals surface area contributed by atoms with Crippen molar-refractivity contribution in [3.63, 3.8) is 0 Å². The Hall–Kier alpha value is -3.92. The average molecular weight is 432 g/mol. The quantitative estimate of drug-likeness (QED) is 0.408. The van der Waals surface area contributed by atoms with Gasteiger partial charge >= 0.3 is 0 Å². The summed E-state index contributed by atoms with van der Waals surface area (Å²) in [5.74, 6) is -0.173. The highest BCUT2D eigenvalue weighted by Crippen LogP contribution is 2.41. The molecule has 0 spiro atoms. The SMILES string of the molecule is CC=CN1CCc2ccc(C3C(=O)C=Cc4ccc5ccc(-c6cnn(C)c6)cc5c43)cc21. The molecule has 4 nitrogen and oxygen atoms in total. The first kappa shape index (κ1) is 19.7. The van der Waals surface area contributed by atoms with Crippen LogP contribution >= 0.6 is 0 Å². The Labute approximate surface area is 193 Å². The molecule has 1 atom stereocenters. The van der Waals surface area contributed by atoms with E-state index in [4.69, 9.17) is 0 Å². The van der Waals surface area contributed by atoms with Gasteiger partial charge in [0.15, 0.2) is 5.78 Å². The third kappa shape index (κ3) is 3.21. The Kier molecular flexibility index (Phi) is 4.54. The number of hydrogen-bond acceptors (Lipinski definition) is 3. The second kappa shape index (κ2) is 7.59. The van der Waals surface area contributed by atoms with Crippen LogP contribution in [0.1, 0.15) is 35.1 Å². The minimum atomic E-state index is -0.309. The third-order valence-corrected chi connectivity index (χ3v) is 6.84. The summed E-state index contributed by atoms with van der Waals surface area (Å²) in [6, 6.07) is 17.3. The normalized spacial score (nSPS) is 17.2. The Morgan fingerprint density at radius 2 is 1.91 bits per heavy atom. The van der Waals surface area contributed by atoms with E-state index in [0.29, 0.717) is 0 Å². The summed E-state index contributed by atoms with van der Waals surface area (Å²) in [6.45, 7) is 3.02. The standard InChI is InChI=1S/C29H25N3O/c1-3-13-32-14-12-20-6-9-23(16-26(20)32)29-27(33)11-10-21-7-4-19-5-8-22(15-25(19)28(21)29)24-17-30-31(2)18-24/h3-11,13,15-18,29H,12,14H2,1-2H3. The molecule has 4 aromatic rings. The molecule has 1 unspecified atom stereocenters. The molecule has 1 aromatic heterocycles. The van der Waals surface area contributed by atoms with Gasteiger partial charge in [-0.25, -0.2) is 0 Å². The van der Waals surface area contributed by atoms with Crippen LogP contribution in [0.25, 0.3) is 28.0 Å². The van der Waals surface area contributed by atoms with Crippen molar-refractivity contribution in [3.05, 3.63) is 102 Å². The highest BCUT2D eigenvalue weighted by atomic mass is 16.1. The van der Waals surface area contributed by atoms with Crippen LogP contribution in [0.15, 0.2) is 79.3 Å². The zero-order chi connectivity index (χ0) is 22.5. The largest absolute Gasteiger partial charge is 0.348 e. The molecular weight excluding hydrogens is 406 g/mol. The summed E-state index contributed by atoms with van der Waals surface area (Å²) in [7, 11) is 1.93. The molecule has 1 aliphatic carbocycles. The molecule has 0 amide bonds. The number of carbonyl (C=O) groups is 1. The summed E-state index contributed by atoms with van der Waals surface area (Å²) >= 11 is 0. The van der Waals surface area contributed by atoms with Crippen molar-refractivity contribution >= 4 is 28.3 Å². The molecule has 162 valence electrons. The molecule has 2 heterocycles. The van der Waals surface area contributed by atoms with Gasteiger partial charge in [-0.1, -0.05) is 48.6 Å². The van der Waals surface area contributed by atoms with Crippen molar-refractivity contribution in [1.82, 2.24) is 9.78 Å². The van der Waals surface area contributed by atoms with Crippen LogP contribution in [0.5, 0.6) is 0 Å². The predicted octanol–water partition coefficient (Wildman–Crippen LogP) is 5.86. The lowest BCUT2D eigenvalue weighted by Gasteiger charge is -2.25. The van der Waals surface area contributed by atoms with E-state index in [1.807, 2.05) is 37.1 Å². The lowest BCUT2D eigenvalue weighted by molar-refractivity contribution is -0.115. The van der Waals surface area contributed by atoms with E-state index in [-0.39, 0.29) is 11.7 Å². The predicted molar refractivity (Wildman–Crippen MR) is 134 cm³/mol. The molecule has 4 heteroatoms. The van der Waals surface area contributed by atoms with Crippen LogP contribution in [-0.2, 0) is 18.3 Å². The van der Waals surface area contributed by atoms with E-state index in [1.54, 1.807) is 6.08 Å². The molecule has 0 saturated heterocycles. The van der Waals surface area contributed by atoms with E-state index in [0.717, 1.165) is 51.6 Å². The number of nitrogens with zero attached hydrogens (tertiary/aromatic N) is 3. The summed E-state index contributed by atoms with van der Waals surface area (Å²) in [5, 5.41) is 6.60. The first-order valence-corrected chi connectivity index (χ1v) is 11.4. The lowest BCUT2D eigenvalue weighted by Crippen LogP contribution is -2.17. The third-order valence-electron chi connectivity index (χ3n) is 6.84. The molecule has 3 aromatic carbocycles. The van der Waals surface area contributed by atoms with E-state index < -0.39 is 0 Å². The highest BCUT2D eigenvalue weighted by molar-refractivity contribution is 6.08. The number of benzene rings is 3. The number of aromatic nitrogens is 2. The minimum Gasteiger partial charge on any atom is -0.348 e. The maximum Gasteiger partial charge on any atom is 0.167 e. The number of rotatable bonds is 3. The van der Waals surface area contributed by atoms with Gasteiger partial charge < -0.3 is 4.90 Å². The van der Waals surface area contributed by atoms with Crippen LogP contribution in [0.2, 0.25) is 0 Å². The van der Waals surface area contributed by atoms with Gasteiger partial charge in [0.25, 0.3) is 0 Å². The van der Waals surface area contributed by atoms with Gasteiger partial charge in [-0.3, -0.25) is 9.48 Å². The van der Waals surface area contributed by atoms with Gasteiger partial charge in [0.1, 0.15) is 0 Å². The fraction of sp³-hybridized carbons (Fsp3) is 0.172. The number of ketones is 1. The van der Waals surface area contributed by atoms with Crippen molar-refractivity contribution < 1.29 is 4.79 Å². The van der Waals surface area contributed by atoms with Gasteiger partial charge in [0.05, 0.1) is 12.1 Å². The van der Waals surface area contributed by atoms with E-state index in [2.05, 4.69) is 70.8 Å². The zero-order valence-electron chi connectivity index (χ0n) is 18.8. The fourth-order valence-electron chi connectivity index (χ4n) is 5.25. The van der Waals surface area contributed by atoms with E-state index in [1.165, 1.54) is 11.3 Å². The van der Waals surface area contributed by atoms with E-state index >= 15 is 0 Å². The second-order valence-corrected chi connectivity index (χ2v) is 8.89. The fourth-order valence-corrected chi connectivity index (χ4v) is 5.25. The Balaban J connectivity index is 1.55. The number of hydrogen-bond donors (Lipinski definition) is 0. The van der Waals surface area contributed by atoms with Crippen molar-refractivity contribution in [3.8, 4) is 11.1 Å². The molecule has 6 rings (SSSR count). The minimum absolute atomic E-state index is 0.136. The van der Waals surface area contributed by atoms with Crippen molar-refractivity contribution in [1.29, 1.82) is 0 Å². The van der Waals surface area contributed by atoms with Gasteiger partial charge in [-0.15, -0.1) is 0 Å². The maximum absolute atomic E-state index is 13.3. The molecule has 0 bridgehead atoms. The van der Waals surface area contributed by atoms with Crippen LogP contribution in [-0.4, -0.2) is 22.1 Å². The number of carbonyl (C=O) groups excluding carboxylic acids is 1.